The lowest BCUT2D eigenvalue weighted by molar-refractivity contribution is 0.179. The van der Waals surface area contributed by atoms with Gasteiger partial charge in [-0.3, -0.25) is 0 Å². The second kappa shape index (κ2) is 6.80. The summed E-state index contributed by atoms with van der Waals surface area (Å²) in [5.41, 5.74) is 6.58. The molecule has 6 nitrogen and oxygen atoms in total. The fourth-order valence-corrected chi connectivity index (χ4v) is 1.35. The summed E-state index contributed by atoms with van der Waals surface area (Å²) < 4.78 is 4.99. The first-order valence-corrected chi connectivity index (χ1v) is 5.45. The molecule has 0 saturated carbocycles. The van der Waals surface area contributed by atoms with Gasteiger partial charge < -0.3 is 15.8 Å². The maximum Gasteiger partial charge on any atom is 0.189 e. The van der Waals surface area contributed by atoms with Crippen molar-refractivity contribution >= 4 is 5.96 Å². The van der Waals surface area contributed by atoms with Gasteiger partial charge in [0, 0.05) is 19.3 Å². The maximum atomic E-state index is 5.73. The number of nitrogens with zero attached hydrogens (tertiary/aromatic N) is 3. The molecule has 0 spiro atoms. The molecule has 1 heterocycles. The Morgan fingerprint density at radius 2 is 2.41 bits per heavy atom. The van der Waals surface area contributed by atoms with Gasteiger partial charge in [-0.2, -0.15) is 0 Å². The van der Waals surface area contributed by atoms with Gasteiger partial charge in [0.05, 0.1) is 18.8 Å². The summed E-state index contributed by atoms with van der Waals surface area (Å²) in [5.74, 6) is 1.13. The molecule has 0 aromatic carbocycles. The average molecular weight is 237 g/mol. The van der Waals surface area contributed by atoms with Gasteiger partial charge in [0.25, 0.3) is 0 Å². The maximum absolute atomic E-state index is 5.73. The largest absolute Gasteiger partial charge is 0.383 e. The average Bonchev–Trinajstić information content (AvgIpc) is 2.27. The van der Waals surface area contributed by atoms with Crippen LogP contribution in [0.1, 0.15) is 18.4 Å². The first-order valence-electron chi connectivity index (χ1n) is 5.45. The lowest BCUT2D eigenvalue weighted by Crippen LogP contribution is -2.40. The third kappa shape index (κ3) is 5.26. The Labute approximate surface area is 101 Å². The van der Waals surface area contributed by atoms with Crippen LogP contribution in [0.2, 0.25) is 0 Å². The monoisotopic (exact) mass is 237 g/mol. The van der Waals surface area contributed by atoms with Crippen molar-refractivity contribution in [1.82, 2.24) is 15.3 Å². The van der Waals surface area contributed by atoms with Crippen LogP contribution < -0.4 is 11.1 Å². The van der Waals surface area contributed by atoms with E-state index in [4.69, 9.17) is 10.5 Å². The lowest BCUT2D eigenvalue weighted by atomic mass is 10.4. The number of methoxy groups -OCH3 is 1. The second-order valence-electron chi connectivity index (χ2n) is 3.80. The standard InChI is InChI=1S/C11H19N5O/c1-8(7-17-3)15-11(12)14-6-10-4-5-13-9(2)16-10/h4-5,8H,6-7H2,1-3H3,(H3,12,14,15). The molecule has 3 N–H and O–H groups in total. The molecule has 17 heavy (non-hydrogen) atoms. The van der Waals surface area contributed by atoms with Gasteiger partial charge in [-0.25, -0.2) is 15.0 Å². The summed E-state index contributed by atoms with van der Waals surface area (Å²) in [7, 11) is 1.65. The van der Waals surface area contributed by atoms with Crippen LogP contribution in [-0.4, -0.2) is 35.7 Å². The summed E-state index contributed by atoms with van der Waals surface area (Å²) in [6.07, 6.45) is 1.71. The van der Waals surface area contributed by atoms with E-state index in [9.17, 15) is 0 Å². The quantitative estimate of drug-likeness (QED) is 0.565. The highest BCUT2D eigenvalue weighted by Gasteiger charge is 2.01. The highest BCUT2D eigenvalue weighted by Crippen LogP contribution is 1.96. The summed E-state index contributed by atoms with van der Waals surface area (Å²) >= 11 is 0. The van der Waals surface area contributed by atoms with Crippen molar-refractivity contribution in [1.29, 1.82) is 0 Å². The molecular weight excluding hydrogens is 218 g/mol. The number of aliphatic imine (C=N–C) groups is 1. The predicted molar refractivity (Wildman–Crippen MR) is 66.6 cm³/mol. The Kier molecular flexibility index (Phi) is 5.35. The number of aromatic nitrogens is 2. The van der Waals surface area contributed by atoms with Crippen molar-refractivity contribution < 1.29 is 4.74 Å². The Balaban J connectivity index is 2.47. The van der Waals surface area contributed by atoms with Crippen molar-refractivity contribution in [3.05, 3.63) is 23.8 Å². The van der Waals surface area contributed by atoms with E-state index in [1.54, 1.807) is 13.3 Å². The van der Waals surface area contributed by atoms with Crippen LogP contribution in [0, 0.1) is 6.92 Å². The van der Waals surface area contributed by atoms with Crippen molar-refractivity contribution in [2.24, 2.45) is 10.7 Å². The topological polar surface area (TPSA) is 85.4 Å². The van der Waals surface area contributed by atoms with Gasteiger partial charge >= 0.3 is 0 Å². The van der Waals surface area contributed by atoms with Crippen LogP contribution in [0.5, 0.6) is 0 Å². The van der Waals surface area contributed by atoms with E-state index >= 15 is 0 Å². The summed E-state index contributed by atoms with van der Waals surface area (Å²) in [5, 5.41) is 3.02. The molecule has 0 saturated heterocycles. The van der Waals surface area contributed by atoms with Gasteiger partial charge in [0.15, 0.2) is 5.96 Å². The summed E-state index contributed by atoms with van der Waals surface area (Å²) in [6.45, 7) is 4.85. The van der Waals surface area contributed by atoms with Crippen LogP contribution in [-0.2, 0) is 11.3 Å². The van der Waals surface area contributed by atoms with Crippen molar-refractivity contribution in [2.75, 3.05) is 13.7 Å². The van der Waals surface area contributed by atoms with E-state index in [2.05, 4.69) is 20.3 Å². The third-order valence-corrected chi connectivity index (χ3v) is 2.06. The number of nitrogens with two attached hydrogens (primary N) is 1. The number of guanidine groups is 1. The van der Waals surface area contributed by atoms with Crippen LogP contribution >= 0.6 is 0 Å². The molecule has 0 amide bonds. The van der Waals surface area contributed by atoms with E-state index in [1.165, 1.54) is 0 Å². The number of hydrogen-bond donors (Lipinski definition) is 2. The van der Waals surface area contributed by atoms with Gasteiger partial charge in [-0.1, -0.05) is 0 Å². The molecule has 0 aliphatic heterocycles. The molecule has 0 fully saturated rings. The minimum atomic E-state index is 0.135. The van der Waals surface area contributed by atoms with Gasteiger partial charge in [-0.15, -0.1) is 0 Å². The Bertz CT molecular complexity index is 380. The van der Waals surface area contributed by atoms with Gasteiger partial charge in [-0.05, 0) is 19.9 Å². The molecule has 1 aromatic heterocycles. The van der Waals surface area contributed by atoms with E-state index in [0.29, 0.717) is 19.1 Å². The summed E-state index contributed by atoms with van der Waals surface area (Å²) in [4.78, 5) is 12.4. The second-order valence-corrected chi connectivity index (χ2v) is 3.80. The number of ether oxygens (including phenoxy) is 1. The van der Waals surface area contributed by atoms with E-state index in [0.717, 1.165) is 11.5 Å². The normalized spacial score (nSPS) is 13.5. The first kappa shape index (κ1) is 13.4. The molecule has 0 bridgehead atoms. The lowest BCUT2D eigenvalue weighted by Gasteiger charge is -2.12. The van der Waals surface area contributed by atoms with E-state index in [1.807, 2.05) is 19.9 Å². The minimum Gasteiger partial charge on any atom is -0.383 e. The zero-order valence-corrected chi connectivity index (χ0v) is 10.5. The number of nitrogens with one attached hydrogen (secondary N) is 1. The van der Waals surface area contributed by atoms with E-state index < -0.39 is 0 Å². The Morgan fingerprint density at radius 1 is 1.65 bits per heavy atom. The molecular formula is C11H19N5O. The summed E-state index contributed by atoms with van der Waals surface area (Å²) in [6, 6.07) is 1.96. The molecule has 0 aliphatic carbocycles. The molecule has 94 valence electrons. The number of aryl methyl sites for hydroxylation is 1. The molecule has 1 unspecified atom stereocenters. The third-order valence-electron chi connectivity index (χ3n) is 2.06. The van der Waals surface area contributed by atoms with Crippen molar-refractivity contribution in [3.63, 3.8) is 0 Å². The molecule has 1 atom stereocenters. The number of hydrogen-bond acceptors (Lipinski definition) is 4. The predicted octanol–water partition coefficient (Wildman–Crippen LogP) is 0.224. The fraction of sp³-hybridized carbons (Fsp3) is 0.545. The highest BCUT2D eigenvalue weighted by atomic mass is 16.5. The number of rotatable bonds is 5. The Morgan fingerprint density at radius 3 is 3.06 bits per heavy atom. The SMILES string of the molecule is COCC(C)NC(N)=NCc1ccnc(C)n1. The van der Waals surface area contributed by atoms with Crippen LogP contribution in [0.15, 0.2) is 17.3 Å². The molecule has 0 aliphatic rings. The Hall–Kier alpha value is -1.69. The molecule has 1 aromatic rings. The zero-order chi connectivity index (χ0) is 12.7. The zero-order valence-electron chi connectivity index (χ0n) is 10.5. The highest BCUT2D eigenvalue weighted by molar-refractivity contribution is 5.78. The fourth-order valence-electron chi connectivity index (χ4n) is 1.35. The minimum absolute atomic E-state index is 0.135. The van der Waals surface area contributed by atoms with Crippen LogP contribution in [0.25, 0.3) is 0 Å². The van der Waals surface area contributed by atoms with Crippen molar-refractivity contribution in [2.45, 2.75) is 26.4 Å². The van der Waals surface area contributed by atoms with E-state index in [-0.39, 0.29) is 6.04 Å². The van der Waals surface area contributed by atoms with Crippen LogP contribution in [0.4, 0.5) is 0 Å². The smallest absolute Gasteiger partial charge is 0.189 e. The van der Waals surface area contributed by atoms with Crippen molar-refractivity contribution in [3.8, 4) is 0 Å². The molecule has 0 radical (unpaired) electrons. The van der Waals surface area contributed by atoms with Gasteiger partial charge in [0.1, 0.15) is 5.82 Å². The first-order chi connectivity index (χ1) is 8.11. The molecule has 6 heteroatoms. The molecule has 1 rings (SSSR count). The van der Waals surface area contributed by atoms with Gasteiger partial charge in [0.2, 0.25) is 0 Å². The van der Waals surface area contributed by atoms with Crippen LogP contribution in [0.3, 0.4) is 0 Å².